The summed E-state index contributed by atoms with van der Waals surface area (Å²) in [5.41, 5.74) is 1.52. The molecule has 0 aliphatic rings. The second-order valence-electron chi connectivity index (χ2n) is 4.60. The minimum absolute atomic E-state index is 0.168. The van der Waals surface area contributed by atoms with Crippen molar-refractivity contribution >= 4 is 0 Å². The standard InChI is InChI=1S/C15H15F3N2/c1-9-4-3-5-20-13(9)8-14(19-2)15-11(17)6-10(16)7-12(15)18/h3-7,14,19H,8H2,1-2H3. The Kier molecular flexibility index (Phi) is 4.39. The van der Waals surface area contributed by atoms with Gasteiger partial charge < -0.3 is 5.32 Å². The lowest BCUT2D eigenvalue weighted by Gasteiger charge is -2.18. The first-order valence-corrected chi connectivity index (χ1v) is 6.25. The average Bonchev–Trinajstić information content (AvgIpc) is 2.38. The number of pyridine rings is 1. The monoisotopic (exact) mass is 280 g/mol. The van der Waals surface area contributed by atoms with E-state index in [1.54, 1.807) is 19.3 Å². The Morgan fingerprint density at radius 3 is 2.40 bits per heavy atom. The van der Waals surface area contributed by atoms with E-state index >= 15 is 0 Å². The van der Waals surface area contributed by atoms with Gasteiger partial charge >= 0.3 is 0 Å². The van der Waals surface area contributed by atoms with Gasteiger partial charge in [0.15, 0.2) is 0 Å². The van der Waals surface area contributed by atoms with E-state index < -0.39 is 23.5 Å². The third-order valence-electron chi connectivity index (χ3n) is 3.26. The van der Waals surface area contributed by atoms with E-state index in [9.17, 15) is 13.2 Å². The van der Waals surface area contributed by atoms with Gasteiger partial charge in [-0.15, -0.1) is 0 Å². The van der Waals surface area contributed by atoms with Crippen molar-refractivity contribution in [2.75, 3.05) is 7.05 Å². The van der Waals surface area contributed by atoms with Gasteiger partial charge in [0.25, 0.3) is 0 Å². The Morgan fingerprint density at radius 2 is 1.85 bits per heavy atom. The fourth-order valence-corrected chi connectivity index (χ4v) is 2.16. The zero-order valence-electron chi connectivity index (χ0n) is 11.3. The van der Waals surface area contributed by atoms with E-state index in [2.05, 4.69) is 10.3 Å². The zero-order chi connectivity index (χ0) is 14.7. The average molecular weight is 280 g/mol. The van der Waals surface area contributed by atoms with E-state index in [0.717, 1.165) is 11.3 Å². The van der Waals surface area contributed by atoms with Crippen LogP contribution in [0.15, 0.2) is 30.5 Å². The van der Waals surface area contributed by atoms with Gasteiger partial charge in [0.05, 0.1) is 0 Å². The molecule has 0 saturated carbocycles. The molecule has 0 aliphatic carbocycles. The van der Waals surface area contributed by atoms with Crippen molar-refractivity contribution in [1.29, 1.82) is 0 Å². The highest BCUT2D eigenvalue weighted by Crippen LogP contribution is 2.25. The lowest BCUT2D eigenvalue weighted by atomic mass is 9.98. The highest BCUT2D eigenvalue weighted by molar-refractivity contribution is 5.27. The topological polar surface area (TPSA) is 24.9 Å². The number of benzene rings is 1. The van der Waals surface area contributed by atoms with Gasteiger partial charge in [-0.2, -0.15) is 0 Å². The first-order valence-electron chi connectivity index (χ1n) is 6.25. The van der Waals surface area contributed by atoms with Crippen LogP contribution < -0.4 is 5.32 Å². The summed E-state index contributed by atoms with van der Waals surface area (Å²) in [6.07, 6.45) is 1.95. The van der Waals surface area contributed by atoms with Crippen LogP contribution in [0, 0.1) is 24.4 Å². The molecule has 1 aromatic carbocycles. The van der Waals surface area contributed by atoms with Crippen LogP contribution in [0.1, 0.15) is 22.9 Å². The van der Waals surface area contributed by atoms with E-state index in [1.807, 2.05) is 13.0 Å². The van der Waals surface area contributed by atoms with Gasteiger partial charge in [-0.3, -0.25) is 4.98 Å². The number of hydrogen-bond donors (Lipinski definition) is 1. The van der Waals surface area contributed by atoms with Crippen LogP contribution in [-0.2, 0) is 6.42 Å². The van der Waals surface area contributed by atoms with Gasteiger partial charge in [-0.1, -0.05) is 6.07 Å². The smallest absolute Gasteiger partial charge is 0.133 e. The van der Waals surface area contributed by atoms with Crippen molar-refractivity contribution in [1.82, 2.24) is 10.3 Å². The zero-order valence-corrected chi connectivity index (χ0v) is 11.3. The summed E-state index contributed by atoms with van der Waals surface area (Å²) in [6, 6.07) is 4.45. The molecule has 0 bridgehead atoms. The van der Waals surface area contributed by atoms with E-state index in [0.29, 0.717) is 18.6 Å². The molecule has 5 heteroatoms. The summed E-state index contributed by atoms with van der Waals surface area (Å²) in [6.45, 7) is 1.88. The first-order chi connectivity index (χ1) is 9.52. The van der Waals surface area contributed by atoms with Crippen molar-refractivity contribution in [3.8, 4) is 0 Å². The first kappa shape index (κ1) is 14.5. The molecule has 0 spiro atoms. The molecule has 0 aliphatic heterocycles. The second-order valence-corrected chi connectivity index (χ2v) is 4.60. The van der Waals surface area contributed by atoms with Gasteiger partial charge in [0, 0.05) is 42.0 Å². The van der Waals surface area contributed by atoms with Crippen LogP contribution in [0.3, 0.4) is 0 Å². The maximum absolute atomic E-state index is 13.8. The molecule has 1 N–H and O–H groups in total. The van der Waals surface area contributed by atoms with E-state index in [4.69, 9.17) is 0 Å². The molecule has 0 fully saturated rings. The van der Waals surface area contributed by atoms with E-state index in [-0.39, 0.29) is 5.56 Å². The second kappa shape index (κ2) is 6.05. The van der Waals surface area contributed by atoms with Crippen LogP contribution in [0.5, 0.6) is 0 Å². The Morgan fingerprint density at radius 1 is 1.20 bits per heavy atom. The summed E-state index contributed by atoms with van der Waals surface area (Å²) in [4.78, 5) is 4.21. The third-order valence-corrected chi connectivity index (χ3v) is 3.26. The van der Waals surface area contributed by atoms with Gasteiger partial charge in [-0.05, 0) is 25.6 Å². The fourth-order valence-electron chi connectivity index (χ4n) is 2.16. The molecule has 0 amide bonds. The largest absolute Gasteiger partial charge is 0.312 e. The fraction of sp³-hybridized carbons (Fsp3) is 0.267. The minimum Gasteiger partial charge on any atom is -0.312 e. The van der Waals surface area contributed by atoms with Crippen molar-refractivity contribution in [3.05, 3.63) is 64.7 Å². The van der Waals surface area contributed by atoms with Crippen molar-refractivity contribution in [2.45, 2.75) is 19.4 Å². The van der Waals surface area contributed by atoms with Crippen LogP contribution in [0.4, 0.5) is 13.2 Å². The summed E-state index contributed by atoms with van der Waals surface area (Å²) in [5, 5.41) is 2.85. The minimum atomic E-state index is -0.924. The molecule has 2 aromatic rings. The molecule has 106 valence electrons. The van der Waals surface area contributed by atoms with Crippen molar-refractivity contribution in [2.24, 2.45) is 0 Å². The number of aromatic nitrogens is 1. The molecular weight excluding hydrogens is 265 g/mol. The van der Waals surface area contributed by atoms with Gasteiger partial charge in [0.2, 0.25) is 0 Å². The lowest BCUT2D eigenvalue weighted by molar-refractivity contribution is 0.472. The predicted molar refractivity (Wildman–Crippen MR) is 70.8 cm³/mol. The van der Waals surface area contributed by atoms with Gasteiger partial charge in [0.1, 0.15) is 17.5 Å². The summed E-state index contributed by atoms with van der Waals surface area (Å²) in [7, 11) is 1.60. The molecule has 1 atom stereocenters. The number of nitrogens with zero attached hydrogens (tertiary/aromatic N) is 1. The van der Waals surface area contributed by atoms with Crippen molar-refractivity contribution < 1.29 is 13.2 Å². The van der Waals surface area contributed by atoms with Gasteiger partial charge in [-0.25, -0.2) is 13.2 Å². The van der Waals surface area contributed by atoms with Crippen LogP contribution in [0.25, 0.3) is 0 Å². The van der Waals surface area contributed by atoms with E-state index in [1.165, 1.54) is 0 Å². The quantitative estimate of drug-likeness (QED) is 0.929. The Bertz CT molecular complexity index is 591. The summed E-state index contributed by atoms with van der Waals surface area (Å²) in [5.74, 6) is -2.71. The predicted octanol–water partition coefficient (Wildman–Crippen LogP) is 3.31. The number of rotatable bonds is 4. The maximum Gasteiger partial charge on any atom is 0.133 e. The number of nitrogens with one attached hydrogen (secondary N) is 1. The molecule has 0 saturated heterocycles. The van der Waals surface area contributed by atoms with Crippen LogP contribution in [-0.4, -0.2) is 12.0 Å². The highest BCUT2D eigenvalue weighted by atomic mass is 19.1. The number of likely N-dealkylation sites (N-methyl/N-ethyl adjacent to an activating group) is 1. The Labute approximate surface area is 115 Å². The molecule has 1 unspecified atom stereocenters. The number of halogens is 3. The van der Waals surface area contributed by atoms with Crippen LogP contribution in [0.2, 0.25) is 0 Å². The number of aryl methyl sites for hydroxylation is 1. The lowest BCUT2D eigenvalue weighted by Crippen LogP contribution is -2.22. The molecule has 1 aromatic heterocycles. The highest BCUT2D eigenvalue weighted by Gasteiger charge is 2.21. The molecule has 2 rings (SSSR count). The van der Waals surface area contributed by atoms with Crippen LogP contribution >= 0.6 is 0 Å². The molecule has 1 heterocycles. The summed E-state index contributed by atoms with van der Waals surface area (Å²) < 4.78 is 40.6. The third kappa shape index (κ3) is 2.99. The Balaban J connectivity index is 2.37. The summed E-state index contributed by atoms with van der Waals surface area (Å²) >= 11 is 0. The molecule has 20 heavy (non-hydrogen) atoms. The maximum atomic E-state index is 13.8. The normalized spacial score (nSPS) is 12.4. The van der Waals surface area contributed by atoms with Crippen molar-refractivity contribution in [3.63, 3.8) is 0 Å². The molecule has 0 radical (unpaired) electrons. The Hall–Kier alpha value is -1.88. The number of hydrogen-bond acceptors (Lipinski definition) is 2. The molecular formula is C15H15F3N2. The molecule has 2 nitrogen and oxygen atoms in total. The SMILES string of the molecule is CNC(Cc1ncccc1C)c1c(F)cc(F)cc1F.